The van der Waals surface area contributed by atoms with E-state index in [1.54, 1.807) is 12.3 Å². The number of carboxylic acids is 1. The Hall–Kier alpha value is -1.46. The molecule has 0 saturated carbocycles. The standard InChI is InChI=1S/C9H5ClN2O2S/c10-6-1-5(2-11-3-6)7-4-12-8(15-7)9(13)14/h1-4H,(H,13,14). The maximum atomic E-state index is 10.6. The molecule has 0 aromatic carbocycles. The molecule has 6 heteroatoms. The van der Waals surface area contributed by atoms with Gasteiger partial charge in [0.15, 0.2) is 0 Å². The van der Waals surface area contributed by atoms with E-state index in [1.165, 1.54) is 12.4 Å². The zero-order valence-electron chi connectivity index (χ0n) is 7.35. The Morgan fingerprint density at radius 2 is 2.20 bits per heavy atom. The van der Waals surface area contributed by atoms with E-state index in [9.17, 15) is 4.79 Å². The molecule has 2 aromatic heterocycles. The molecule has 2 heterocycles. The van der Waals surface area contributed by atoms with Crippen LogP contribution in [0.3, 0.4) is 0 Å². The third-order valence-corrected chi connectivity index (χ3v) is 2.92. The topological polar surface area (TPSA) is 63.1 Å². The van der Waals surface area contributed by atoms with Crippen molar-refractivity contribution in [1.29, 1.82) is 0 Å². The molecule has 76 valence electrons. The Morgan fingerprint density at radius 1 is 1.40 bits per heavy atom. The van der Waals surface area contributed by atoms with Crippen LogP contribution in [0.4, 0.5) is 0 Å². The molecule has 2 aromatic rings. The first-order chi connectivity index (χ1) is 7.16. The van der Waals surface area contributed by atoms with Crippen molar-refractivity contribution in [1.82, 2.24) is 9.97 Å². The van der Waals surface area contributed by atoms with Gasteiger partial charge in [-0.05, 0) is 6.07 Å². The van der Waals surface area contributed by atoms with E-state index in [2.05, 4.69) is 9.97 Å². The van der Waals surface area contributed by atoms with Crippen molar-refractivity contribution in [3.63, 3.8) is 0 Å². The second-order valence-corrected chi connectivity index (χ2v) is 4.19. The van der Waals surface area contributed by atoms with Crippen LogP contribution in [0.5, 0.6) is 0 Å². The Kier molecular flexibility index (Phi) is 2.66. The van der Waals surface area contributed by atoms with Gasteiger partial charge in [-0.25, -0.2) is 9.78 Å². The molecule has 15 heavy (non-hydrogen) atoms. The molecule has 0 aliphatic rings. The zero-order chi connectivity index (χ0) is 10.8. The largest absolute Gasteiger partial charge is 0.476 e. The van der Waals surface area contributed by atoms with Crippen LogP contribution in [0.25, 0.3) is 10.4 Å². The molecule has 4 nitrogen and oxygen atoms in total. The van der Waals surface area contributed by atoms with Gasteiger partial charge in [0, 0.05) is 24.2 Å². The lowest BCUT2D eigenvalue weighted by Crippen LogP contribution is -1.92. The number of hydrogen-bond acceptors (Lipinski definition) is 4. The maximum Gasteiger partial charge on any atom is 0.365 e. The van der Waals surface area contributed by atoms with E-state index in [1.807, 2.05) is 0 Å². The molecular formula is C9H5ClN2O2S. The van der Waals surface area contributed by atoms with Crippen LogP contribution >= 0.6 is 22.9 Å². The number of carboxylic acid groups (broad SMARTS) is 1. The smallest absolute Gasteiger partial charge is 0.365 e. The monoisotopic (exact) mass is 240 g/mol. The highest BCUT2D eigenvalue weighted by atomic mass is 35.5. The number of nitrogens with zero attached hydrogens (tertiary/aromatic N) is 2. The lowest BCUT2D eigenvalue weighted by Gasteiger charge is -1.94. The molecule has 0 radical (unpaired) electrons. The first-order valence-electron chi connectivity index (χ1n) is 3.97. The summed E-state index contributed by atoms with van der Waals surface area (Å²) in [5.74, 6) is -1.03. The predicted molar refractivity (Wildman–Crippen MR) is 57.3 cm³/mol. The van der Waals surface area contributed by atoms with Gasteiger partial charge in [0.2, 0.25) is 5.01 Å². The van der Waals surface area contributed by atoms with E-state index in [0.717, 1.165) is 21.8 Å². The number of rotatable bonds is 2. The highest BCUT2D eigenvalue weighted by molar-refractivity contribution is 7.16. The SMILES string of the molecule is O=C(O)c1ncc(-c2cncc(Cl)c2)s1. The molecule has 0 spiro atoms. The summed E-state index contributed by atoms with van der Waals surface area (Å²) in [7, 11) is 0. The number of halogens is 1. The van der Waals surface area contributed by atoms with Crippen molar-refractivity contribution in [3.8, 4) is 10.4 Å². The average molecular weight is 241 g/mol. The van der Waals surface area contributed by atoms with Crippen LogP contribution in [0.1, 0.15) is 9.80 Å². The molecule has 0 aliphatic heterocycles. The Morgan fingerprint density at radius 3 is 2.80 bits per heavy atom. The normalized spacial score (nSPS) is 10.2. The zero-order valence-corrected chi connectivity index (χ0v) is 8.92. The van der Waals surface area contributed by atoms with Crippen molar-refractivity contribution >= 4 is 28.9 Å². The third-order valence-electron chi connectivity index (χ3n) is 1.68. The molecular weight excluding hydrogens is 236 g/mol. The molecule has 1 N–H and O–H groups in total. The van der Waals surface area contributed by atoms with Crippen LogP contribution in [-0.4, -0.2) is 21.0 Å². The molecule has 0 atom stereocenters. The van der Waals surface area contributed by atoms with Gasteiger partial charge in [0.25, 0.3) is 0 Å². The van der Waals surface area contributed by atoms with Gasteiger partial charge < -0.3 is 5.11 Å². The van der Waals surface area contributed by atoms with E-state index in [4.69, 9.17) is 16.7 Å². The quantitative estimate of drug-likeness (QED) is 0.876. The van der Waals surface area contributed by atoms with Gasteiger partial charge in [0.1, 0.15) is 0 Å². The number of thiazole rings is 1. The second-order valence-electron chi connectivity index (χ2n) is 2.73. The van der Waals surface area contributed by atoms with E-state index >= 15 is 0 Å². The van der Waals surface area contributed by atoms with E-state index in [0.29, 0.717) is 5.02 Å². The molecule has 0 aliphatic carbocycles. The van der Waals surface area contributed by atoms with Crippen molar-refractivity contribution < 1.29 is 9.90 Å². The molecule has 0 unspecified atom stereocenters. The lowest BCUT2D eigenvalue weighted by atomic mass is 10.2. The Labute approximate surface area is 94.2 Å². The molecule has 0 amide bonds. The first kappa shape index (κ1) is 10.1. The highest BCUT2D eigenvalue weighted by Gasteiger charge is 2.10. The van der Waals surface area contributed by atoms with Crippen molar-refractivity contribution in [2.75, 3.05) is 0 Å². The third kappa shape index (κ3) is 2.14. The van der Waals surface area contributed by atoms with Gasteiger partial charge in [0.05, 0.1) is 9.90 Å². The fourth-order valence-electron chi connectivity index (χ4n) is 1.05. The fraction of sp³-hybridized carbons (Fsp3) is 0. The van der Waals surface area contributed by atoms with Crippen molar-refractivity contribution in [3.05, 3.63) is 34.7 Å². The average Bonchev–Trinajstić information content (AvgIpc) is 2.66. The van der Waals surface area contributed by atoms with Crippen LogP contribution < -0.4 is 0 Å². The summed E-state index contributed by atoms with van der Waals surface area (Å²) in [4.78, 5) is 19.0. The number of aromatic nitrogens is 2. The molecule has 0 fully saturated rings. The predicted octanol–water partition coefficient (Wildman–Crippen LogP) is 2.56. The maximum absolute atomic E-state index is 10.6. The first-order valence-corrected chi connectivity index (χ1v) is 5.16. The highest BCUT2D eigenvalue weighted by Crippen LogP contribution is 2.27. The Bertz CT molecular complexity index is 512. The van der Waals surface area contributed by atoms with Crippen LogP contribution in [-0.2, 0) is 0 Å². The van der Waals surface area contributed by atoms with Crippen LogP contribution in [0.15, 0.2) is 24.7 Å². The van der Waals surface area contributed by atoms with Crippen LogP contribution in [0.2, 0.25) is 5.02 Å². The number of hydrogen-bond donors (Lipinski definition) is 1. The van der Waals surface area contributed by atoms with Gasteiger partial charge >= 0.3 is 5.97 Å². The van der Waals surface area contributed by atoms with E-state index in [-0.39, 0.29) is 5.01 Å². The second kappa shape index (κ2) is 3.96. The minimum atomic E-state index is -1.03. The fourth-order valence-corrected chi connectivity index (χ4v) is 1.96. The molecule has 0 saturated heterocycles. The summed E-state index contributed by atoms with van der Waals surface area (Å²) in [6.07, 6.45) is 4.64. The summed E-state index contributed by atoms with van der Waals surface area (Å²) >= 11 is 6.86. The van der Waals surface area contributed by atoms with Crippen molar-refractivity contribution in [2.24, 2.45) is 0 Å². The van der Waals surface area contributed by atoms with Gasteiger partial charge in [-0.1, -0.05) is 11.6 Å². The lowest BCUT2D eigenvalue weighted by molar-refractivity contribution is 0.0696. The van der Waals surface area contributed by atoms with Gasteiger partial charge in [-0.3, -0.25) is 4.98 Å². The number of carbonyl (C=O) groups is 1. The number of aromatic carboxylic acids is 1. The summed E-state index contributed by atoms with van der Waals surface area (Å²) < 4.78 is 0. The molecule has 2 rings (SSSR count). The minimum absolute atomic E-state index is 0.0602. The summed E-state index contributed by atoms with van der Waals surface area (Å²) in [6, 6.07) is 1.72. The number of pyridine rings is 1. The summed E-state index contributed by atoms with van der Waals surface area (Å²) in [5, 5.41) is 9.28. The van der Waals surface area contributed by atoms with Crippen LogP contribution in [0, 0.1) is 0 Å². The summed E-state index contributed by atoms with van der Waals surface area (Å²) in [5.41, 5.74) is 0.771. The summed E-state index contributed by atoms with van der Waals surface area (Å²) in [6.45, 7) is 0. The van der Waals surface area contributed by atoms with Crippen molar-refractivity contribution in [2.45, 2.75) is 0 Å². The van der Waals surface area contributed by atoms with Gasteiger partial charge in [-0.2, -0.15) is 0 Å². The molecule has 0 bridgehead atoms. The van der Waals surface area contributed by atoms with E-state index < -0.39 is 5.97 Å². The Balaban J connectivity index is 2.41. The van der Waals surface area contributed by atoms with Gasteiger partial charge in [-0.15, -0.1) is 11.3 Å². The minimum Gasteiger partial charge on any atom is -0.476 e.